The van der Waals surface area contributed by atoms with Crippen molar-refractivity contribution in [2.75, 3.05) is 6.54 Å². The van der Waals surface area contributed by atoms with Crippen LogP contribution >= 0.6 is 0 Å². The van der Waals surface area contributed by atoms with Crippen LogP contribution in [0.3, 0.4) is 0 Å². The molecule has 0 amide bonds. The van der Waals surface area contributed by atoms with Crippen molar-refractivity contribution in [1.29, 1.82) is 0 Å². The SMILES string of the molecule is CC1=CC=NCC1.[B]c1ccc(-c2nc3c4cc(-c5ccncc5)ccc4c4c(c3n2-c2ccc([B])cc2)C=CCC4)cc1. The van der Waals surface area contributed by atoms with Gasteiger partial charge in [0.2, 0.25) is 0 Å². The van der Waals surface area contributed by atoms with Crippen LogP contribution < -0.4 is 10.9 Å². The smallest absolute Gasteiger partial charge is 0.145 e. The molecule has 2 aromatic heterocycles. The van der Waals surface area contributed by atoms with Crippen LogP contribution in [0.2, 0.25) is 0 Å². The summed E-state index contributed by atoms with van der Waals surface area (Å²) in [6, 6.07) is 26.8. The molecule has 2 aliphatic rings. The number of pyridine rings is 1. The Morgan fingerprint density at radius 3 is 2.16 bits per heavy atom. The molecule has 0 spiro atoms. The van der Waals surface area contributed by atoms with Crippen molar-refractivity contribution in [1.82, 2.24) is 14.5 Å². The number of nitrogens with zero attached hydrogens (tertiary/aromatic N) is 4. The molecule has 0 atom stereocenters. The van der Waals surface area contributed by atoms with Crippen LogP contribution in [-0.4, -0.2) is 43.0 Å². The fourth-order valence-electron chi connectivity index (χ4n) is 6.03. The Bertz CT molecular complexity index is 2070. The zero-order valence-electron chi connectivity index (χ0n) is 24.7. The first-order valence-electron chi connectivity index (χ1n) is 15.0. The first-order valence-corrected chi connectivity index (χ1v) is 15.0. The summed E-state index contributed by atoms with van der Waals surface area (Å²) in [6.45, 7) is 3.12. The quantitative estimate of drug-likeness (QED) is 0.221. The molecule has 0 saturated heterocycles. The molecule has 1 aliphatic carbocycles. The standard InChI is InChI=1S/C32H21B2N3.C6H9N/c33-23-8-5-21(6-9-23)32-36-30-29-19-22(20-15-17-35-18-16-20)7-14-27(29)26-3-1-2-4-28(26)31(30)37(32)25-12-10-24(34)11-13-25;1-6-2-4-7-5-3-6/h2,4-19H,1,3H2;2,4H,3,5H2,1H3. The monoisotopic (exact) mass is 564 g/mol. The molecule has 4 nitrogen and oxygen atoms in total. The van der Waals surface area contributed by atoms with Crippen LogP contribution in [0.1, 0.15) is 30.9 Å². The molecular formula is C38H30B2N4. The van der Waals surface area contributed by atoms with E-state index in [4.69, 9.17) is 20.7 Å². The number of benzene rings is 4. The van der Waals surface area contributed by atoms with E-state index >= 15 is 0 Å². The van der Waals surface area contributed by atoms with Gasteiger partial charge in [-0.25, -0.2) is 4.98 Å². The average molecular weight is 564 g/mol. The van der Waals surface area contributed by atoms with E-state index in [1.807, 2.05) is 67.1 Å². The normalized spacial score (nSPS) is 13.8. The van der Waals surface area contributed by atoms with E-state index in [1.54, 1.807) is 0 Å². The second kappa shape index (κ2) is 12.0. The fraction of sp³-hybridized carbons (Fsp3) is 0.132. The minimum Gasteiger partial charge on any atom is -0.293 e. The number of imidazole rings is 1. The van der Waals surface area contributed by atoms with Gasteiger partial charge in [-0.1, -0.05) is 77.2 Å². The highest BCUT2D eigenvalue weighted by molar-refractivity contribution is 6.32. The summed E-state index contributed by atoms with van der Waals surface area (Å²) in [5, 5.41) is 2.42. The van der Waals surface area contributed by atoms with Gasteiger partial charge in [-0.05, 0) is 84.7 Å². The van der Waals surface area contributed by atoms with Gasteiger partial charge in [0.15, 0.2) is 0 Å². The van der Waals surface area contributed by atoms with Crippen molar-refractivity contribution >= 4 is 60.7 Å². The molecule has 0 N–H and O–H groups in total. The maximum absolute atomic E-state index is 6.06. The summed E-state index contributed by atoms with van der Waals surface area (Å²) in [7, 11) is 12.1. The number of rotatable bonds is 3. The first kappa shape index (κ1) is 27.8. The van der Waals surface area contributed by atoms with E-state index in [0.29, 0.717) is 0 Å². The number of aliphatic imine (C=N–C) groups is 1. The molecule has 44 heavy (non-hydrogen) atoms. The second-order valence-electron chi connectivity index (χ2n) is 11.3. The van der Waals surface area contributed by atoms with Crippen LogP contribution in [0.4, 0.5) is 0 Å². The topological polar surface area (TPSA) is 43.1 Å². The highest BCUT2D eigenvalue weighted by Crippen LogP contribution is 2.41. The summed E-state index contributed by atoms with van der Waals surface area (Å²) in [5.41, 5.74) is 11.9. The van der Waals surface area contributed by atoms with Gasteiger partial charge in [-0.3, -0.25) is 14.5 Å². The molecule has 3 heterocycles. The van der Waals surface area contributed by atoms with E-state index < -0.39 is 0 Å². The highest BCUT2D eigenvalue weighted by atomic mass is 15.1. The lowest BCUT2D eigenvalue weighted by atomic mass is 9.89. The Morgan fingerprint density at radius 2 is 1.48 bits per heavy atom. The average Bonchev–Trinajstić information content (AvgIpc) is 3.48. The molecule has 4 radical (unpaired) electrons. The van der Waals surface area contributed by atoms with Gasteiger partial charge in [0.1, 0.15) is 21.5 Å². The molecule has 1 aliphatic heterocycles. The van der Waals surface area contributed by atoms with Crippen LogP contribution in [-0.2, 0) is 6.42 Å². The lowest BCUT2D eigenvalue weighted by molar-refractivity contribution is 0.943. The van der Waals surface area contributed by atoms with E-state index in [-0.39, 0.29) is 0 Å². The number of allylic oxidation sites excluding steroid dienone is 2. The number of aryl methyl sites for hydroxylation is 1. The van der Waals surface area contributed by atoms with E-state index in [1.165, 1.54) is 22.1 Å². The van der Waals surface area contributed by atoms with Crippen LogP contribution in [0.25, 0.3) is 56.1 Å². The molecule has 6 heteroatoms. The summed E-state index contributed by atoms with van der Waals surface area (Å²) < 4.78 is 2.27. The number of hydrogen-bond donors (Lipinski definition) is 0. The number of hydrogen-bond acceptors (Lipinski definition) is 3. The zero-order valence-corrected chi connectivity index (χ0v) is 24.7. The Morgan fingerprint density at radius 1 is 0.750 bits per heavy atom. The Labute approximate surface area is 260 Å². The lowest BCUT2D eigenvalue weighted by Crippen LogP contribution is -2.06. The van der Waals surface area contributed by atoms with E-state index in [9.17, 15) is 0 Å². The van der Waals surface area contributed by atoms with Crippen molar-refractivity contribution in [3.8, 4) is 28.2 Å². The van der Waals surface area contributed by atoms with Gasteiger partial charge < -0.3 is 0 Å². The maximum Gasteiger partial charge on any atom is 0.145 e. The number of fused-ring (bicyclic) bond motifs is 6. The van der Waals surface area contributed by atoms with Gasteiger partial charge >= 0.3 is 0 Å². The number of aromatic nitrogens is 3. The largest absolute Gasteiger partial charge is 0.293 e. The molecule has 0 fully saturated rings. The van der Waals surface area contributed by atoms with Crippen LogP contribution in [0, 0.1) is 0 Å². The van der Waals surface area contributed by atoms with Crippen molar-refractivity contribution in [3.63, 3.8) is 0 Å². The molecular weight excluding hydrogens is 534 g/mol. The molecule has 6 aromatic rings. The predicted octanol–water partition coefficient (Wildman–Crippen LogP) is 6.86. The summed E-state index contributed by atoms with van der Waals surface area (Å²) in [6.07, 6.45) is 15.3. The summed E-state index contributed by atoms with van der Waals surface area (Å²) in [5.74, 6) is 0.878. The Hall–Kier alpha value is -4.96. The molecule has 4 aromatic carbocycles. The van der Waals surface area contributed by atoms with Crippen molar-refractivity contribution < 1.29 is 0 Å². The fourth-order valence-corrected chi connectivity index (χ4v) is 6.03. The van der Waals surface area contributed by atoms with Crippen molar-refractivity contribution in [2.24, 2.45) is 4.99 Å². The minimum atomic E-state index is 0.728. The van der Waals surface area contributed by atoms with Gasteiger partial charge in [0.25, 0.3) is 0 Å². The molecule has 0 unspecified atom stereocenters. The first-order chi connectivity index (χ1) is 21.6. The Balaban J connectivity index is 0.000000396. The third-order valence-electron chi connectivity index (χ3n) is 8.34. The van der Waals surface area contributed by atoms with E-state index in [0.717, 1.165) is 81.4 Å². The lowest BCUT2D eigenvalue weighted by Gasteiger charge is -2.18. The van der Waals surface area contributed by atoms with Gasteiger partial charge in [0.05, 0.1) is 11.0 Å². The Kier molecular flexibility index (Phi) is 7.57. The third-order valence-corrected chi connectivity index (χ3v) is 8.34. The van der Waals surface area contributed by atoms with Crippen molar-refractivity contribution in [2.45, 2.75) is 26.2 Å². The zero-order chi connectivity index (χ0) is 30.0. The maximum atomic E-state index is 6.06. The van der Waals surface area contributed by atoms with Crippen LogP contribution in [0.5, 0.6) is 0 Å². The number of dihydropyridines is 1. The predicted molar refractivity (Wildman–Crippen MR) is 187 cm³/mol. The third kappa shape index (κ3) is 5.33. The molecule has 8 rings (SSSR count). The molecule has 0 bridgehead atoms. The van der Waals surface area contributed by atoms with Gasteiger partial charge in [-0.15, -0.1) is 0 Å². The summed E-state index contributed by atoms with van der Waals surface area (Å²) in [4.78, 5) is 13.5. The van der Waals surface area contributed by atoms with Crippen LogP contribution in [0.15, 0.2) is 114 Å². The molecule has 0 saturated carbocycles. The molecule has 208 valence electrons. The van der Waals surface area contributed by atoms with Crippen molar-refractivity contribution in [3.05, 3.63) is 120 Å². The minimum absolute atomic E-state index is 0.728. The summed E-state index contributed by atoms with van der Waals surface area (Å²) >= 11 is 0. The highest BCUT2D eigenvalue weighted by Gasteiger charge is 2.23. The second-order valence-corrected chi connectivity index (χ2v) is 11.3. The van der Waals surface area contributed by atoms with Gasteiger partial charge in [0, 0.05) is 47.4 Å². The van der Waals surface area contributed by atoms with E-state index in [2.05, 4.69) is 70.0 Å². The van der Waals surface area contributed by atoms with Gasteiger partial charge in [-0.2, -0.15) is 0 Å².